The molecule has 0 heterocycles. The molecule has 0 aromatic heterocycles. The summed E-state index contributed by atoms with van der Waals surface area (Å²) in [6.45, 7) is 6.75. The van der Waals surface area contributed by atoms with Crippen molar-refractivity contribution >= 4 is 15.9 Å². The Morgan fingerprint density at radius 3 is 2.21 bits per heavy atom. The van der Waals surface area contributed by atoms with Gasteiger partial charge in [-0.25, -0.2) is 0 Å². The average molecular weight is 257 g/mol. The summed E-state index contributed by atoms with van der Waals surface area (Å²) in [7, 11) is 0. The number of benzene rings is 1. The maximum atomic E-state index is 3.44. The maximum absolute atomic E-state index is 3.44. The van der Waals surface area contributed by atoms with Gasteiger partial charge in [-0.05, 0) is 38.5 Å². The van der Waals surface area contributed by atoms with E-state index in [4.69, 9.17) is 0 Å². The molecule has 0 fully saturated rings. The van der Waals surface area contributed by atoms with E-state index in [1.807, 2.05) is 0 Å². The zero-order chi connectivity index (χ0) is 10.6. The van der Waals surface area contributed by atoms with E-state index in [1.165, 1.54) is 5.56 Å². The molecular weight excluding hydrogens is 238 g/mol. The van der Waals surface area contributed by atoms with E-state index >= 15 is 0 Å². The quantitative estimate of drug-likeness (QED) is 0.852. The molecule has 0 spiro atoms. The van der Waals surface area contributed by atoms with Crippen LogP contribution in [0.15, 0.2) is 28.7 Å². The van der Waals surface area contributed by atoms with Crippen LogP contribution in [0.3, 0.4) is 0 Å². The zero-order valence-electron chi connectivity index (χ0n) is 9.13. The molecule has 1 aromatic carbocycles. The Balaban J connectivity index is 2.47. The minimum absolute atomic E-state index is 0.663. The zero-order valence-corrected chi connectivity index (χ0v) is 10.7. The van der Waals surface area contributed by atoms with Crippen LogP contribution >= 0.6 is 15.9 Å². The van der Waals surface area contributed by atoms with Crippen molar-refractivity contribution in [3.8, 4) is 0 Å². The highest BCUT2D eigenvalue weighted by Gasteiger charge is 2.07. The fraction of sp³-hybridized carbons (Fsp3) is 0.500. The first-order valence-corrected chi connectivity index (χ1v) is 5.96. The van der Waals surface area contributed by atoms with Crippen LogP contribution in [-0.4, -0.2) is 12.1 Å². The largest absolute Gasteiger partial charge is 0.342 e. The topological polar surface area (TPSA) is 16.6 Å². The summed E-state index contributed by atoms with van der Waals surface area (Å²) in [6, 6.07) is 9.94. The summed E-state index contributed by atoms with van der Waals surface area (Å²) in [5, 5.41) is 2.40. The fourth-order valence-corrected chi connectivity index (χ4v) is 1.98. The molecule has 0 radical (unpaired) electrons. The number of hydrogen-bond donors (Lipinski definition) is 1. The van der Waals surface area contributed by atoms with E-state index in [1.54, 1.807) is 0 Å². The first-order valence-electron chi connectivity index (χ1n) is 5.17. The molecule has 1 nitrogen and oxygen atoms in total. The van der Waals surface area contributed by atoms with Gasteiger partial charge in [-0.3, -0.25) is 0 Å². The van der Waals surface area contributed by atoms with Crippen LogP contribution in [0, 0.1) is 0 Å². The van der Waals surface area contributed by atoms with Gasteiger partial charge in [0.25, 0.3) is 0 Å². The Morgan fingerprint density at radius 2 is 1.71 bits per heavy atom. The molecule has 1 rings (SSSR count). The highest BCUT2D eigenvalue weighted by Crippen LogP contribution is 2.11. The summed E-state index contributed by atoms with van der Waals surface area (Å²) >= 11 is 3.44. The first kappa shape index (κ1) is 11.7. The highest BCUT2D eigenvalue weighted by molar-refractivity contribution is 9.10. The van der Waals surface area contributed by atoms with Gasteiger partial charge in [-0.2, -0.15) is 0 Å². The molecule has 78 valence electrons. The van der Waals surface area contributed by atoms with E-state index in [9.17, 15) is 0 Å². The van der Waals surface area contributed by atoms with Crippen LogP contribution < -0.4 is 5.32 Å². The minimum atomic E-state index is 0.663. The van der Waals surface area contributed by atoms with Crippen molar-refractivity contribution in [2.45, 2.75) is 39.3 Å². The van der Waals surface area contributed by atoms with E-state index < -0.39 is 0 Å². The molecule has 0 saturated carbocycles. The third kappa shape index (κ3) is 4.25. The number of quaternary nitrogens is 1. The number of nitrogens with two attached hydrogens (primary N) is 1. The van der Waals surface area contributed by atoms with E-state index in [-0.39, 0.29) is 0 Å². The Hall–Kier alpha value is -0.340. The summed E-state index contributed by atoms with van der Waals surface area (Å²) in [4.78, 5) is 0. The van der Waals surface area contributed by atoms with Gasteiger partial charge < -0.3 is 5.32 Å². The van der Waals surface area contributed by atoms with Crippen molar-refractivity contribution in [1.29, 1.82) is 0 Å². The lowest BCUT2D eigenvalue weighted by Gasteiger charge is -2.13. The predicted molar refractivity (Wildman–Crippen MR) is 64.4 cm³/mol. The standard InChI is InChI=1S/C12H18BrN/c1-9(2)14-10(3)8-11-4-6-12(13)7-5-11/h4-7,9-10,14H,8H2,1-3H3/p+1/t10-/m1/s1. The van der Waals surface area contributed by atoms with Crippen molar-refractivity contribution in [2.75, 3.05) is 0 Å². The van der Waals surface area contributed by atoms with Gasteiger partial charge in [0.05, 0.1) is 12.1 Å². The highest BCUT2D eigenvalue weighted by atomic mass is 79.9. The molecule has 1 aromatic rings. The molecule has 2 heteroatoms. The van der Waals surface area contributed by atoms with Crippen LogP contribution in [0.5, 0.6) is 0 Å². The molecule has 0 amide bonds. The van der Waals surface area contributed by atoms with E-state index in [0.717, 1.165) is 10.9 Å². The van der Waals surface area contributed by atoms with Crippen molar-refractivity contribution in [1.82, 2.24) is 0 Å². The Morgan fingerprint density at radius 1 is 1.14 bits per heavy atom. The monoisotopic (exact) mass is 256 g/mol. The molecule has 0 aliphatic rings. The lowest BCUT2D eigenvalue weighted by atomic mass is 10.1. The molecule has 14 heavy (non-hydrogen) atoms. The Bertz CT molecular complexity index is 266. The van der Waals surface area contributed by atoms with Crippen molar-refractivity contribution in [2.24, 2.45) is 0 Å². The molecule has 1 atom stereocenters. The SMILES string of the molecule is CC(C)[NH2+][C@H](C)Cc1ccc(Br)cc1. The smallest absolute Gasteiger partial charge is 0.0873 e. The molecule has 2 N–H and O–H groups in total. The van der Waals surface area contributed by atoms with E-state index in [2.05, 4.69) is 66.3 Å². The number of hydrogen-bond acceptors (Lipinski definition) is 0. The second-order valence-corrected chi connectivity index (χ2v) is 5.16. The summed E-state index contributed by atoms with van der Waals surface area (Å²) < 4.78 is 1.15. The predicted octanol–water partition coefficient (Wildman–Crippen LogP) is 2.35. The second kappa shape index (κ2) is 5.52. The van der Waals surface area contributed by atoms with Gasteiger partial charge in [0.15, 0.2) is 0 Å². The molecule has 0 aliphatic heterocycles. The second-order valence-electron chi connectivity index (χ2n) is 4.24. The van der Waals surface area contributed by atoms with Crippen molar-refractivity contribution in [3.63, 3.8) is 0 Å². The molecule has 0 bridgehead atoms. The van der Waals surface area contributed by atoms with Gasteiger partial charge >= 0.3 is 0 Å². The van der Waals surface area contributed by atoms with Gasteiger partial charge in [-0.1, -0.05) is 28.1 Å². The summed E-state index contributed by atoms with van der Waals surface area (Å²) in [6.07, 6.45) is 1.14. The number of halogens is 1. The van der Waals surface area contributed by atoms with Crippen LogP contribution in [-0.2, 0) is 6.42 Å². The summed E-state index contributed by atoms with van der Waals surface area (Å²) in [5.41, 5.74) is 1.41. The van der Waals surface area contributed by atoms with Crippen molar-refractivity contribution < 1.29 is 5.32 Å². The van der Waals surface area contributed by atoms with Crippen molar-refractivity contribution in [3.05, 3.63) is 34.3 Å². The summed E-state index contributed by atoms with van der Waals surface area (Å²) in [5.74, 6) is 0. The maximum Gasteiger partial charge on any atom is 0.0873 e. The van der Waals surface area contributed by atoms with Gasteiger partial charge in [0.2, 0.25) is 0 Å². The Kier molecular flexibility index (Phi) is 4.63. The van der Waals surface area contributed by atoms with Crippen LogP contribution in [0.2, 0.25) is 0 Å². The number of rotatable bonds is 4. The molecule has 0 unspecified atom stereocenters. The van der Waals surface area contributed by atoms with Crippen LogP contribution in [0.4, 0.5) is 0 Å². The third-order valence-corrected chi connectivity index (χ3v) is 2.71. The van der Waals surface area contributed by atoms with Crippen LogP contribution in [0.1, 0.15) is 26.3 Å². The molecule has 0 saturated heterocycles. The lowest BCUT2D eigenvalue weighted by molar-refractivity contribution is -0.712. The van der Waals surface area contributed by atoms with E-state index in [0.29, 0.717) is 12.1 Å². The van der Waals surface area contributed by atoms with Gasteiger partial charge in [0.1, 0.15) is 0 Å². The lowest BCUT2D eigenvalue weighted by Crippen LogP contribution is -2.93. The fourth-order valence-electron chi connectivity index (χ4n) is 1.72. The molecular formula is C12H19BrN+. The molecule has 0 aliphatic carbocycles. The van der Waals surface area contributed by atoms with Gasteiger partial charge in [-0.15, -0.1) is 0 Å². The first-order chi connectivity index (χ1) is 6.58. The minimum Gasteiger partial charge on any atom is -0.342 e. The van der Waals surface area contributed by atoms with Crippen LogP contribution in [0.25, 0.3) is 0 Å². The normalized spacial score (nSPS) is 13.2. The average Bonchev–Trinajstić information content (AvgIpc) is 2.07. The van der Waals surface area contributed by atoms with Gasteiger partial charge in [0, 0.05) is 10.9 Å². The Labute approximate surface area is 95.0 Å². The third-order valence-electron chi connectivity index (χ3n) is 2.18.